The van der Waals surface area contributed by atoms with Gasteiger partial charge in [0, 0.05) is 12.7 Å². The van der Waals surface area contributed by atoms with E-state index in [1.807, 2.05) is 18.2 Å². The fourth-order valence-corrected chi connectivity index (χ4v) is 1.02. The van der Waals surface area contributed by atoms with Gasteiger partial charge in [-0.15, -0.1) is 0 Å². The lowest BCUT2D eigenvalue weighted by Gasteiger charge is -2.24. The van der Waals surface area contributed by atoms with Gasteiger partial charge in [0.15, 0.2) is 0 Å². The van der Waals surface area contributed by atoms with Crippen molar-refractivity contribution in [3.63, 3.8) is 0 Å². The van der Waals surface area contributed by atoms with Crippen LogP contribution in [0.15, 0.2) is 30.3 Å². The Morgan fingerprint density at radius 3 is 2.42 bits per heavy atom. The highest BCUT2D eigenvalue weighted by atomic mass is 16.6. The van der Waals surface area contributed by atoms with E-state index in [1.54, 1.807) is 12.1 Å². The number of ether oxygens (including phenoxy) is 1. The highest BCUT2D eigenvalue weighted by Gasteiger charge is 2.26. The molecule has 0 aromatic heterocycles. The zero-order chi connectivity index (χ0) is 9.03. The molecule has 0 radical (unpaired) electrons. The molecule has 0 spiro atoms. The van der Waals surface area contributed by atoms with Crippen LogP contribution in [-0.4, -0.2) is 18.8 Å². The number of rotatable bonds is 3. The summed E-state index contributed by atoms with van der Waals surface area (Å²) < 4.78 is 4.90. The molecule has 3 N–H and O–H groups in total. The molecule has 66 valence electrons. The van der Waals surface area contributed by atoms with E-state index in [0.717, 1.165) is 0 Å². The minimum Gasteiger partial charge on any atom is -0.361 e. The van der Waals surface area contributed by atoms with Gasteiger partial charge in [-0.1, -0.05) is 30.3 Å². The van der Waals surface area contributed by atoms with Crippen LogP contribution >= 0.6 is 0 Å². The van der Waals surface area contributed by atoms with E-state index < -0.39 is 5.79 Å². The maximum absolute atomic E-state index is 9.75. The van der Waals surface area contributed by atoms with E-state index in [2.05, 4.69) is 0 Å². The van der Waals surface area contributed by atoms with Gasteiger partial charge in [-0.3, -0.25) is 0 Å². The van der Waals surface area contributed by atoms with Gasteiger partial charge in [0.05, 0.1) is 6.54 Å². The van der Waals surface area contributed by atoms with E-state index in [9.17, 15) is 5.11 Å². The average Bonchev–Trinajstić information content (AvgIpc) is 2.18. The molecule has 1 unspecified atom stereocenters. The topological polar surface area (TPSA) is 55.5 Å². The fraction of sp³-hybridized carbons (Fsp3) is 0.333. The molecule has 3 nitrogen and oxygen atoms in total. The van der Waals surface area contributed by atoms with Crippen molar-refractivity contribution in [2.75, 3.05) is 13.7 Å². The van der Waals surface area contributed by atoms with Gasteiger partial charge in [0.25, 0.3) is 0 Å². The van der Waals surface area contributed by atoms with Crippen molar-refractivity contribution < 1.29 is 9.84 Å². The Morgan fingerprint density at radius 2 is 2.00 bits per heavy atom. The molecule has 3 heteroatoms. The Bertz CT molecular complexity index is 232. The summed E-state index contributed by atoms with van der Waals surface area (Å²) in [4.78, 5) is 0. The summed E-state index contributed by atoms with van der Waals surface area (Å²) in [6, 6.07) is 9.08. The first kappa shape index (κ1) is 9.19. The van der Waals surface area contributed by atoms with Crippen LogP contribution in [0, 0.1) is 0 Å². The highest BCUT2D eigenvalue weighted by molar-refractivity contribution is 5.20. The van der Waals surface area contributed by atoms with E-state index in [-0.39, 0.29) is 6.54 Å². The Kier molecular flexibility index (Phi) is 2.81. The van der Waals surface area contributed by atoms with Gasteiger partial charge in [-0.05, 0) is 0 Å². The van der Waals surface area contributed by atoms with Gasteiger partial charge >= 0.3 is 0 Å². The minimum atomic E-state index is -1.35. The quantitative estimate of drug-likeness (QED) is 0.642. The Balaban J connectivity index is 2.95. The van der Waals surface area contributed by atoms with Crippen molar-refractivity contribution in [2.45, 2.75) is 5.79 Å². The van der Waals surface area contributed by atoms with Crippen LogP contribution in [0.4, 0.5) is 0 Å². The Hall–Kier alpha value is -0.900. The average molecular weight is 167 g/mol. The molecule has 0 aliphatic rings. The Labute approximate surface area is 71.8 Å². The lowest BCUT2D eigenvalue weighted by molar-refractivity contribution is -0.185. The second-order valence-electron chi connectivity index (χ2n) is 2.56. The first-order chi connectivity index (χ1) is 5.73. The van der Waals surface area contributed by atoms with Gasteiger partial charge in [-0.25, -0.2) is 0 Å². The van der Waals surface area contributed by atoms with E-state index in [0.29, 0.717) is 5.56 Å². The van der Waals surface area contributed by atoms with Crippen molar-refractivity contribution in [1.29, 1.82) is 0 Å². The molecule has 12 heavy (non-hydrogen) atoms. The van der Waals surface area contributed by atoms with Crippen molar-refractivity contribution in [1.82, 2.24) is 0 Å². The van der Waals surface area contributed by atoms with Crippen molar-refractivity contribution in [3.05, 3.63) is 35.9 Å². The van der Waals surface area contributed by atoms with Crippen LogP contribution in [0.2, 0.25) is 0 Å². The summed E-state index contributed by atoms with van der Waals surface area (Å²) in [5.41, 5.74) is 6.05. The first-order valence-electron chi connectivity index (χ1n) is 3.76. The van der Waals surface area contributed by atoms with Crippen LogP contribution in [0.3, 0.4) is 0 Å². The number of methoxy groups -OCH3 is 1. The predicted molar refractivity (Wildman–Crippen MR) is 46.4 cm³/mol. The predicted octanol–water partition coefficient (Wildman–Crippen LogP) is 0.437. The molecule has 1 aromatic rings. The minimum absolute atomic E-state index is 0.0491. The first-order valence-corrected chi connectivity index (χ1v) is 3.76. The van der Waals surface area contributed by atoms with Gasteiger partial charge in [0.1, 0.15) is 0 Å². The summed E-state index contributed by atoms with van der Waals surface area (Å²) in [6.07, 6.45) is 0. The molecule has 0 saturated carbocycles. The zero-order valence-electron chi connectivity index (χ0n) is 7.03. The van der Waals surface area contributed by atoms with Gasteiger partial charge in [0.2, 0.25) is 5.79 Å². The summed E-state index contributed by atoms with van der Waals surface area (Å²) in [5.74, 6) is -1.35. The summed E-state index contributed by atoms with van der Waals surface area (Å²) >= 11 is 0. The lowest BCUT2D eigenvalue weighted by Crippen LogP contribution is -2.36. The maximum Gasteiger partial charge on any atom is 0.204 e. The van der Waals surface area contributed by atoms with Crippen molar-refractivity contribution >= 4 is 0 Å². The molecule has 0 aliphatic heterocycles. The van der Waals surface area contributed by atoms with Crippen LogP contribution in [-0.2, 0) is 10.5 Å². The SMILES string of the molecule is COC(O)(CN)c1ccccc1. The molecule has 0 fully saturated rings. The van der Waals surface area contributed by atoms with Gasteiger partial charge < -0.3 is 15.6 Å². The summed E-state index contributed by atoms with van der Waals surface area (Å²) in [6.45, 7) is 0.0491. The molecule has 1 rings (SSSR count). The number of nitrogens with two attached hydrogens (primary N) is 1. The molecule has 0 aliphatic carbocycles. The van der Waals surface area contributed by atoms with E-state index >= 15 is 0 Å². The summed E-state index contributed by atoms with van der Waals surface area (Å²) in [7, 11) is 1.43. The van der Waals surface area contributed by atoms with Crippen LogP contribution < -0.4 is 5.73 Å². The molecule has 1 aromatic carbocycles. The number of hydrogen-bond donors (Lipinski definition) is 2. The molecule has 0 saturated heterocycles. The van der Waals surface area contributed by atoms with Gasteiger partial charge in [-0.2, -0.15) is 0 Å². The molecular formula is C9H13NO2. The third-order valence-electron chi connectivity index (χ3n) is 1.84. The van der Waals surface area contributed by atoms with Crippen LogP contribution in [0.1, 0.15) is 5.56 Å². The van der Waals surface area contributed by atoms with Crippen LogP contribution in [0.25, 0.3) is 0 Å². The summed E-state index contributed by atoms with van der Waals surface area (Å²) in [5, 5.41) is 9.75. The maximum atomic E-state index is 9.75. The highest BCUT2D eigenvalue weighted by Crippen LogP contribution is 2.19. The normalized spacial score (nSPS) is 15.6. The third-order valence-corrected chi connectivity index (χ3v) is 1.84. The third kappa shape index (κ3) is 1.64. The monoisotopic (exact) mass is 167 g/mol. The molecule has 0 amide bonds. The second-order valence-corrected chi connectivity index (χ2v) is 2.56. The Morgan fingerprint density at radius 1 is 1.42 bits per heavy atom. The largest absolute Gasteiger partial charge is 0.361 e. The number of benzene rings is 1. The zero-order valence-corrected chi connectivity index (χ0v) is 7.03. The molecule has 0 heterocycles. The number of hydrogen-bond acceptors (Lipinski definition) is 3. The smallest absolute Gasteiger partial charge is 0.204 e. The molecule has 0 bridgehead atoms. The van der Waals surface area contributed by atoms with Crippen molar-refractivity contribution in [3.8, 4) is 0 Å². The van der Waals surface area contributed by atoms with Crippen LogP contribution in [0.5, 0.6) is 0 Å². The molecule has 1 atom stereocenters. The molecular weight excluding hydrogens is 154 g/mol. The van der Waals surface area contributed by atoms with Crippen molar-refractivity contribution in [2.24, 2.45) is 5.73 Å². The second kappa shape index (κ2) is 3.67. The van der Waals surface area contributed by atoms with E-state index in [4.69, 9.17) is 10.5 Å². The fourth-order valence-electron chi connectivity index (χ4n) is 1.02. The van der Waals surface area contributed by atoms with E-state index in [1.165, 1.54) is 7.11 Å². The standard InChI is InChI=1S/C9H13NO2/c1-12-9(11,7-10)8-5-3-2-4-6-8/h2-6,11H,7,10H2,1H3. The lowest BCUT2D eigenvalue weighted by atomic mass is 10.1. The number of aliphatic hydroxyl groups is 1.